The molecule has 0 bridgehead atoms. The Morgan fingerprint density at radius 1 is 1.30 bits per heavy atom. The molecule has 0 aliphatic carbocycles. The van der Waals surface area contributed by atoms with E-state index in [1.54, 1.807) is 4.90 Å². The molecule has 0 spiro atoms. The third-order valence-corrected chi connectivity index (χ3v) is 5.22. The molecule has 0 amide bonds. The molecule has 0 unspecified atom stereocenters. The average Bonchev–Trinajstić information content (AvgIpc) is 2.98. The zero-order chi connectivity index (χ0) is 19.9. The third-order valence-electron chi connectivity index (χ3n) is 4.19. The van der Waals surface area contributed by atoms with Gasteiger partial charge in [0.15, 0.2) is 0 Å². The van der Waals surface area contributed by atoms with Gasteiger partial charge in [0.1, 0.15) is 37.9 Å². The van der Waals surface area contributed by atoms with Crippen LogP contribution in [0.4, 0.5) is 13.2 Å². The van der Waals surface area contributed by atoms with Crippen LogP contribution in [0.5, 0.6) is 5.75 Å². The summed E-state index contributed by atoms with van der Waals surface area (Å²) >= 11 is 1.85. The molecule has 2 heterocycles. The molecule has 9 heteroatoms. The van der Waals surface area contributed by atoms with Crippen LogP contribution < -0.4 is 20.1 Å². The van der Waals surface area contributed by atoms with E-state index in [1.807, 2.05) is 11.3 Å². The van der Waals surface area contributed by atoms with Gasteiger partial charge in [-0.05, 0) is 36.6 Å². The fraction of sp³-hybridized carbons (Fsp3) is 0.500. The van der Waals surface area contributed by atoms with E-state index in [4.69, 9.17) is 14.6 Å². The van der Waals surface area contributed by atoms with Gasteiger partial charge < -0.3 is 24.9 Å². The Morgan fingerprint density at radius 2 is 1.96 bits per heavy atom. The number of hydrogen-bond acceptors (Lipinski definition) is 4. The summed E-state index contributed by atoms with van der Waals surface area (Å²) in [7, 11) is 0. The number of nitrogens with one attached hydrogen (secondary N) is 1. The van der Waals surface area contributed by atoms with Crippen LogP contribution in [0.25, 0.3) is 10.1 Å². The monoisotopic (exact) mass is 405 g/mol. The number of alkyl halides is 3. The fourth-order valence-corrected chi connectivity index (χ4v) is 3.79. The molecule has 0 atom stereocenters. The van der Waals surface area contributed by atoms with Gasteiger partial charge in [0, 0.05) is 16.0 Å². The zero-order valence-corrected chi connectivity index (χ0v) is 15.9. The van der Waals surface area contributed by atoms with Crippen molar-refractivity contribution in [2.45, 2.75) is 19.5 Å². The second-order valence-corrected chi connectivity index (χ2v) is 7.70. The molecular weight excluding hydrogens is 381 g/mol. The number of nitrogens with two attached hydrogens (primary N) is 1. The number of hydrogen-bond donors (Lipinski definition) is 2. The molecule has 2 aromatic rings. The number of aryl methyl sites for hydroxylation is 1. The molecule has 5 nitrogen and oxygen atoms in total. The van der Waals surface area contributed by atoms with Crippen LogP contribution in [0.15, 0.2) is 24.3 Å². The van der Waals surface area contributed by atoms with E-state index in [1.165, 1.54) is 47.7 Å². The number of carbonyl (C=O) groups excluding carboxylic acids is 1. The number of quaternary nitrogens is 2. The molecule has 1 aromatic carbocycles. The molecule has 3 rings (SSSR count). The van der Waals surface area contributed by atoms with Crippen LogP contribution in [0, 0.1) is 6.92 Å². The first-order valence-corrected chi connectivity index (χ1v) is 9.64. The molecule has 3 N–H and O–H groups in total. The molecule has 0 radical (unpaired) electrons. The highest BCUT2D eigenvalue weighted by Gasteiger charge is 2.28. The first-order chi connectivity index (χ1) is 12.8. The van der Waals surface area contributed by atoms with Crippen molar-refractivity contribution in [2.75, 3.05) is 39.3 Å². The SMILES string of the molecule is Cc1cc2cc(OCCC[NH+]3CC[NH2+]CC3)ccc2s1.O=C([O-])C(F)(F)F. The molecule has 1 aromatic heterocycles. The number of halogens is 3. The Morgan fingerprint density at radius 3 is 2.59 bits per heavy atom. The Balaban J connectivity index is 0.000000321. The second-order valence-electron chi connectivity index (χ2n) is 6.41. The predicted octanol–water partition coefficient (Wildman–Crippen LogP) is -0.261. The number of piperazine rings is 1. The molecule has 150 valence electrons. The van der Waals surface area contributed by atoms with E-state index in [-0.39, 0.29) is 0 Å². The Bertz CT molecular complexity index is 743. The molecule has 27 heavy (non-hydrogen) atoms. The average molecular weight is 405 g/mol. The summed E-state index contributed by atoms with van der Waals surface area (Å²) in [5.74, 6) is -2.00. The molecule has 1 saturated heterocycles. The summed E-state index contributed by atoms with van der Waals surface area (Å²) in [6.07, 6.45) is -4.05. The van der Waals surface area contributed by atoms with Gasteiger partial charge in [-0.15, -0.1) is 11.3 Å². The van der Waals surface area contributed by atoms with Crippen molar-refractivity contribution < 1.29 is 38.0 Å². The van der Waals surface area contributed by atoms with Crippen molar-refractivity contribution in [1.82, 2.24) is 0 Å². The van der Waals surface area contributed by atoms with Crippen LogP contribution in [-0.4, -0.2) is 51.5 Å². The van der Waals surface area contributed by atoms with Crippen LogP contribution in [0.3, 0.4) is 0 Å². The summed E-state index contributed by atoms with van der Waals surface area (Å²) in [5, 5.41) is 12.5. The number of carboxylic acids is 1. The van der Waals surface area contributed by atoms with E-state index in [2.05, 4.69) is 36.5 Å². The van der Waals surface area contributed by atoms with Crippen molar-refractivity contribution in [3.05, 3.63) is 29.1 Å². The minimum Gasteiger partial charge on any atom is -0.542 e. The lowest BCUT2D eigenvalue weighted by Gasteiger charge is -2.22. The molecule has 1 aliphatic heterocycles. The summed E-state index contributed by atoms with van der Waals surface area (Å²) in [5.41, 5.74) is 0. The summed E-state index contributed by atoms with van der Waals surface area (Å²) in [4.78, 5) is 11.9. The van der Waals surface area contributed by atoms with Crippen LogP contribution >= 0.6 is 11.3 Å². The quantitative estimate of drug-likeness (QED) is 0.674. The maximum Gasteiger partial charge on any atom is 0.430 e. The van der Waals surface area contributed by atoms with Crippen LogP contribution in [0.2, 0.25) is 0 Å². The molecule has 1 aliphatic rings. The van der Waals surface area contributed by atoms with E-state index in [0.717, 1.165) is 18.8 Å². The van der Waals surface area contributed by atoms with Crippen molar-refractivity contribution in [3.8, 4) is 5.75 Å². The highest BCUT2D eigenvalue weighted by molar-refractivity contribution is 7.19. The van der Waals surface area contributed by atoms with Crippen molar-refractivity contribution in [1.29, 1.82) is 0 Å². The number of carbonyl (C=O) groups is 1. The van der Waals surface area contributed by atoms with Gasteiger partial charge in [-0.3, -0.25) is 0 Å². The lowest BCUT2D eigenvalue weighted by Crippen LogP contribution is -3.20. The Hall–Kier alpha value is -1.84. The van der Waals surface area contributed by atoms with E-state index in [9.17, 15) is 13.2 Å². The predicted molar refractivity (Wildman–Crippen MR) is 95.0 cm³/mol. The van der Waals surface area contributed by atoms with Crippen LogP contribution in [0.1, 0.15) is 11.3 Å². The topological polar surface area (TPSA) is 70.4 Å². The van der Waals surface area contributed by atoms with Gasteiger partial charge in [0.2, 0.25) is 0 Å². The largest absolute Gasteiger partial charge is 0.542 e. The number of fused-ring (bicyclic) bond motifs is 1. The highest BCUT2D eigenvalue weighted by Crippen LogP contribution is 2.28. The lowest BCUT2D eigenvalue weighted by atomic mass is 10.2. The van der Waals surface area contributed by atoms with Crippen molar-refractivity contribution in [3.63, 3.8) is 0 Å². The lowest BCUT2D eigenvalue weighted by molar-refractivity contribution is -0.946. The first kappa shape index (κ1) is 21.5. The van der Waals surface area contributed by atoms with Gasteiger partial charge in [0.25, 0.3) is 0 Å². The van der Waals surface area contributed by atoms with Crippen molar-refractivity contribution in [2.24, 2.45) is 0 Å². The smallest absolute Gasteiger partial charge is 0.430 e. The highest BCUT2D eigenvalue weighted by atomic mass is 32.1. The number of rotatable bonds is 5. The van der Waals surface area contributed by atoms with Gasteiger partial charge in [-0.25, -0.2) is 0 Å². The molecule has 1 fully saturated rings. The molecule has 0 saturated carbocycles. The summed E-state index contributed by atoms with van der Waals surface area (Å²) in [6.45, 7) is 9.41. The Labute approximate surface area is 159 Å². The van der Waals surface area contributed by atoms with Gasteiger partial charge in [-0.2, -0.15) is 13.2 Å². The zero-order valence-electron chi connectivity index (χ0n) is 15.1. The number of aliphatic carboxylic acids is 1. The Kier molecular flexibility index (Phi) is 7.88. The minimum absolute atomic E-state index is 0.835. The minimum atomic E-state index is -5.19. The molecular formula is C18H24F3N2O3S+. The van der Waals surface area contributed by atoms with Gasteiger partial charge >= 0.3 is 6.18 Å². The normalized spacial score (nSPS) is 15.3. The number of thiophene rings is 1. The number of ether oxygens (including phenoxy) is 1. The summed E-state index contributed by atoms with van der Waals surface area (Å²) in [6, 6.07) is 8.68. The maximum absolute atomic E-state index is 10.5. The van der Waals surface area contributed by atoms with Crippen molar-refractivity contribution >= 4 is 27.4 Å². The fourth-order valence-electron chi connectivity index (χ4n) is 2.89. The van der Waals surface area contributed by atoms with E-state index >= 15 is 0 Å². The number of benzene rings is 1. The standard InChI is InChI=1S/C16H22N2OS.C2HF3O2/c1-13-11-14-12-15(3-4-16(14)20-13)19-10-2-7-18-8-5-17-6-9-18;3-2(4,5)1(6)7/h3-4,11-12,17H,2,5-10H2,1H3;(H,6,7)/p+1. The maximum atomic E-state index is 10.5. The van der Waals surface area contributed by atoms with E-state index in [0.29, 0.717) is 0 Å². The summed E-state index contributed by atoms with van der Waals surface area (Å²) < 4.78 is 38.8. The number of carboxylic acid groups (broad SMARTS) is 1. The first-order valence-electron chi connectivity index (χ1n) is 8.82. The second kappa shape index (κ2) is 9.91. The third kappa shape index (κ3) is 7.36. The van der Waals surface area contributed by atoms with Crippen LogP contribution in [-0.2, 0) is 4.79 Å². The van der Waals surface area contributed by atoms with Gasteiger partial charge in [0.05, 0.1) is 13.2 Å². The van der Waals surface area contributed by atoms with E-state index < -0.39 is 12.1 Å². The van der Waals surface area contributed by atoms with Gasteiger partial charge in [-0.1, -0.05) is 0 Å².